The lowest BCUT2D eigenvalue weighted by Crippen LogP contribution is -2.01. The van der Waals surface area contributed by atoms with Crippen LogP contribution in [0, 0.1) is 0 Å². The summed E-state index contributed by atoms with van der Waals surface area (Å²) in [5, 5.41) is 11.6. The minimum Gasteiger partial charge on any atom is -0.497 e. The third kappa shape index (κ3) is 2.65. The molecular weight excluding hydrogens is 182 g/mol. The topological polar surface area (TPSA) is 58.6 Å². The second-order valence-electron chi connectivity index (χ2n) is 2.89. The van der Waals surface area contributed by atoms with Gasteiger partial charge >= 0.3 is 5.97 Å². The van der Waals surface area contributed by atoms with Crippen molar-refractivity contribution >= 4 is 11.7 Å². The molecule has 4 heteroatoms. The maximum atomic E-state index is 10.5. The van der Waals surface area contributed by atoms with Crippen LogP contribution in [-0.2, 0) is 11.2 Å². The van der Waals surface area contributed by atoms with E-state index in [1.54, 1.807) is 26.3 Å². The number of benzene rings is 1. The summed E-state index contributed by atoms with van der Waals surface area (Å²) in [7, 11) is 3.33. The summed E-state index contributed by atoms with van der Waals surface area (Å²) in [6, 6.07) is 5.32. The highest BCUT2D eigenvalue weighted by Gasteiger charge is 2.04. The number of rotatable bonds is 4. The summed E-state index contributed by atoms with van der Waals surface area (Å²) in [6.45, 7) is 0. The molecule has 0 radical (unpaired) electrons. The second kappa shape index (κ2) is 4.50. The molecule has 4 nitrogen and oxygen atoms in total. The standard InChI is InChI=1S/C10H13NO3/c1-11-8-3-7(5-10(12)13)4-9(6-8)14-2/h3-4,6,11H,5H2,1-2H3,(H,12,13). The van der Waals surface area contributed by atoms with Crippen molar-refractivity contribution in [1.29, 1.82) is 0 Å². The van der Waals surface area contributed by atoms with Gasteiger partial charge in [0, 0.05) is 18.8 Å². The molecule has 0 saturated heterocycles. The largest absolute Gasteiger partial charge is 0.497 e. The van der Waals surface area contributed by atoms with Crippen molar-refractivity contribution in [3.63, 3.8) is 0 Å². The smallest absolute Gasteiger partial charge is 0.307 e. The molecule has 0 amide bonds. The van der Waals surface area contributed by atoms with E-state index in [2.05, 4.69) is 5.32 Å². The van der Waals surface area contributed by atoms with Gasteiger partial charge in [-0.05, 0) is 17.7 Å². The number of methoxy groups -OCH3 is 1. The molecule has 0 fully saturated rings. The predicted molar refractivity (Wildman–Crippen MR) is 53.9 cm³/mol. The molecule has 0 aliphatic rings. The van der Waals surface area contributed by atoms with Crippen molar-refractivity contribution in [1.82, 2.24) is 0 Å². The fourth-order valence-corrected chi connectivity index (χ4v) is 1.20. The molecule has 1 aromatic carbocycles. The molecule has 76 valence electrons. The van der Waals surface area contributed by atoms with E-state index in [0.29, 0.717) is 5.75 Å². The van der Waals surface area contributed by atoms with Crippen LogP contribution in [0.25, 0.3) is 0 Å². The zero-order chi connectivity index (χ0) is 10.6. The number of nitrogens with one attached hydrogen (secondary N) is 1. The van der Waals surface area contributed by atoms with E-state index in [9.17, 15) is 4.79 Å². The van der Waals surface area contributed by atoms with Crippen molar-refractivity contribution in [2.75, 3.05) is 19.5 Å². The third-order valence-corrected chi connectivity index (χ3v) is 1.85. The van der Waals surface area contributed by atoms with Crippen LogP contribution in [-0.4, -0.2) is 25.2 Å². The maximum Gasteiger partial charge on any atom is 0.307 e. The van der Waals surface area contributed by atoms with E-state index in [4.69, 9.17) is 9.84 Å². The van der Waals surface area contributed by atoms with Crippen molar-refractivity contribution in [3.05, 3.63) is 23.8 Å². The molecule has 0 atom stereocenters. The first-order chi connectivity index (χ1) is 6.65. The van der Waals surface area contributed by atoms with E-state index in [-0.39, 0.29) is 6.42 Å². The zero-order valence-corrected chi connectivity index (χ0v) is 8.20. The maximum absolute atomic E-state index is 10.5. The Morgan fingerprint density at radius 1 is 1.50 bits per heavy atom. The minimum atomic E-state index is -0.847. The number of aliphatic carboxylic acids is 1. The van der Waals surface area contributed by atoms with Gasteiger partial charge in [-0.1, -0.05) is 0 Å². The predicted octanol–water partition coefficient (Wildman–Crippen LogP) is 1.36. The zero-order valence-electron chi connectivity index (χ0n) is 8.20. The Balaban J connectivity index is 2.98. The SMILES string of the molecule is CNc1cc(CC(=O)O)cc(OC)c1. The van der Waals surface area contributed by atoms with Crippen LogP contribution in [0.4, 0.5) is 5.69 Å². The van der Waals surface area contributed by atoms with Crippen LogP contribution in [0.3, 0.4) is 0 Å². The molecule has 0 spiro atoms. The third-order valence-electron chi connectivity index (χ3n) is 1.85. The molecule has 1 aromatic rings. The van der Waals surface area contributed by atoms with Crippen LogP contribution in [0.5, 0.6) is 5.75 Å². The number of ether oxygens (including phenoxy) is 1. The van der Waals surface area contributed by atoms with Gasteiger partial charge in [-0.3, -0.25) is 4.79 Å². The van der Waals surface area contributed by atoms with Crippen LogP contribution < -0.4 is 10.1 Å². The molecule has 14 heavy (non-hydrogen) atoms. The number of carboxylic acid groups (broad SMARTS) is 1. The molecule has 1 rings (SSSR count). The van der Waals surface area contributed by atoms with Gasteiger partial charge in [0.25, 0.3) is 0 Å². The van der Waals surface area contributed by atoms with Gasteiger partial charge in [0.2, 0.25) is 0 Å². The van der Waals surface area contributed by atoms with E-state index < -0.39 is 5.97 Å². The van der Waals surface area contributed by atoms with E-state index in [1.165, 1.54) is 0 Å². The highest BCUT2D eigenvalue weighted by atomic mass is 16.5. The van der Waals surface area contributed by atoms with Crippen molar-refractivity contribution in [3.8, 4) is 5.75 Å². The highest BCUT2D eigenvalue weighted by molar-refractivity contribution is 5.71. The van der Waals surface area contributed by atoms with Gasteiger partial charge < -0.3 is 15.2 Å². The van der Waals surface area contributed by atoms with Gasteiger partial charge in [0.1, 0.15) is 5.75 Å². The molecule has 2 N–H and O–H groups in total. The van der Waals surface area contributed by atoms with Gasteiger partial charge in [-0.2, -0.15) is 0 Å². The summed E-state index contributed by atoms with van der Waals surface area (Å²) in [5.41, 5.74) is 1.57. The van der Waals surface area contributed by atoms with E-state index in [1.807, 2.05) is 6.07 Å². The molecular formula is C10H13NO3. The van der Waals surface area contributed by atoms with Gasteiger partial charge in [0.05, 0.1) is 13.5 Å². The molecule has 0 saturated carbocycles. The highest BCUT2D eigenvalue weighted by Crippen LogP contribution is 2.20. The van der Waals surface area contributed by atoms with Crippen LogP contribution in [0.2, 0.25) is 0 Å². The quantitative estimate of drug-likeness (QED) is 0.761. The Labute approximate surface area is 82.5 Å². The average molecular weight is 195 g/mol. The fraction of sp³-hybridized carbons (Fsp3) is 0.300. The van der Waals surface area contributed by atoms with Crippen LogP contribution in [0.1, 0.15) is 5.56 Å². The summed E-state index contributed by atoms with van der Waals surface area (Å²) in [5.74, 6) is -0.187. The molecule has 0 aliphatic carbocycles. The molecule has 0 aromatic heterocycles. The average Bonchev–Trinajstić information content (AvgIpc) is 2.16. The lowest BCUT2D eigenvalue weighted by molar-refractivity contribution is -0.136. The molecule has 0 bridgehead atoms. The number of carboxylic acids is 1. The Morgan fingerprint density at radius 2 is 2.21 bits per heavy atom. The van der Waals surface area contributed by atoms with Crippen molar-refractivity contribution < 1.29 is 14.6 Å². The summed E-state index contributed by atoms with van der Waals surface area (Å²) < 4.78 is 5.05. The number of carbonyl (C=O) groups is 1. The van der Waals surface area contributed by atoms with E-state index in [0.717, 1.165) is 11.3 Å². The van der Waals surface area contributed by atoms with Gasteiger partial charge in [0.15, 0.2) is 0 Å². The first-order valence-electron chi connectivity index (χ1n) is 4.23. The van der Waals surface area contributed by atoms with Crippen LogP contribution in [0.15, 0.2) is 18.2 Å². The summed E-state index contributed by atoms with van der Waals surface area (Å²) in [6.07, 6.45) is 0.00583. The number of hydrogen-bond acceptors (Lipinski definition) is 3. The molecule has 0 aliphatic heterocycles. The Kier molecular flexibility index (Phi) is 3.34. The van der Waals surface area contributed by atoms with Crippen molar-refractivity contribution in [2.24, 2.45) is 0 Å². The lowest BCUT2D eigenvalue weighted by Gasteiger charge is -2.07. The summed E-state index contributed by atoms with van der Waals surface area (Å²) in [4.78, 5) is 10.5. The lowest BCUT2D eigenvalue weighted by atomic mass is 10.1. The number of anilines is 1. The van der Waals surface area contributed by atoms with Gasteiger partial charge in [-0.25, -0.2) is 0 Å². The minimum absolute atomic E-state index is 0.00583. The molecule has 0 unspecified atom stereocenters. The summed E-state index contributed by atoms with van der Waals surface area (Å²) >= 11 is 0. The second-order valence-corrected chi connectivity index (χ2v) is 2.89. The van der Waals surface area contributed by atoms with Gasteiger partial charge in [-0.15, -0.1) is 0 Å². The Bertz CT molecular complexity index is 314. The monoisotopic (exact) mass is 195 g/mol. The van der Waals surface area contributed by atoms with E-state index >= 15 is 0 Å². The molecule has 0 heterocycles. The normalized spacial score (nSPS) is 9.57. The van der Waals surface area contributed by atoms with Crippen molar-refractivity contribution in [2.45, 2.75) is 6.42 Å². The first-order valence-corrected chi connectivity index (χ1v) is 4.23. The Morgan fingerprint density at radius 3 is 2.71 bits per heavy atom. The van der Waals surface area contributed by atoms with Crippen LogP contribution >= 0.6 is 0 Å². The first kappa shape index (κ1) is 10.4. The fourth-order valence-electron chi connectivity index (χ4n) is 1.20. The number of hydrogen-bond donors (Lipinski definition) is 2. The Hall–Kier alpha value is -1.71.